The molecule has 2 heterocycles. The monoisotopic (exact) mass is 578 g/mol. The van der Waals surface area contributed by atoms with Gasteiger partial charge < -0.3 is 19.5 Å². The number of morpholine rings is 1. The molecule has 2 N–H and O–H groups in total. The first-order valence-electron chi connectivity index (χ1n) is 12.4. The van der Waals surface area contributed by atoms with Gasteiger partial charge in [0.15, 0.2) is 0 Å². The first-order chi connectivity index (χ1) is 19.1. The van der Waals surface area contributed by atoms with Crippen LogP contribution in [0.4, 0.5) is 23.7 Å². The maximum atomic E-state index is 13.6. The minimum atomic E-state index is -4.58. The molecule has 2 fully saturated rings. The van der Waals surface area contributed by atoms with E-state index in [1.165, 1.54) is 31.3 Å². The summed E-state index contributed by atoms with van der Waals surface area (Å²) in [5.41, 5.74) is 0.347. The van der Waals surface area contributed by atoms with Crippen molar-refractivity contribution in [1.29, 1.82) is 5.41 Å². The predicted octanol–water partition coefficient (Wildman–Crippen LogP) is 4.67. The molecule has 0 radical (unpaired) electrons. The second-order valence-corrected chi connectivity index (χ2v) is 9.99. The Morgan fingerprint density at radius 2 is 1.88 bits per heavy atom. The Hall–Kier alpha value is -3.55. The van der Waals surface area contributed by atoms with Gasteiger partial charge in [0.25, 0.3) is 11.1 Å². The van der Waals surface area contributed by atoms with Crippen molar-refractivity contribution < 1.29 is 37.0 Å². The maximum Gasteiger partial charge on any atom is 0.416 e. The van der Waals surface area contributed by atoms with E-state index in [1.54, 1.807) is 24.3 Å². The van der Waals surface area contributed by atoms with Gasteiger partial charge in [0.1, 0.15) is 5.75 Å². The summed E-state index contributed by atoms with van der Waals surface area (Å²) in [6.45, 7) is 3.39. The average molecular weight is 579 g/mol. The third kappa shape index (κ3) is 6.95. The fraction of sp³-hybridized carbons (Fsp3) is 0.370. The number of hydrogen-bond acceptors (Lipinski definition) is 9. The second-order valence-electron chi connectivity index (χ2n) is 9.00. The van der Waals surface area contributed by atoms with Crippen LogP contribution in [-0.4, -0.2) is 80.5 Å². The van der Waals surface area contributed by atoms with Crippen molar-refractivity contribution in [2.75, 3.05) is 58.9 Å². The van der Waals surface area contributed by atoms with E-state index in [0.29, 0.717) is 31.0 Å². The zero-order chi connectivity index (χ0) is 28.9. The third-order valence-corrected chi connectivity index (χ3v) is 7.41. The van der Waals surface area contributed by atoms with Crippen molar-refractivity contribution in [2.24, 2.45) is 0 Å². The maximum absolute atomic E-state index is 13.6. The lowest BCUT2D eigenvalue weighted by Gasteiger charge is -2.27. The van der Waals surface area contributed by atoms with Crippen molar-refractivity contribution in [3.63, 3.8) is 0 Å². The molecule has 40 heavy (non-hydrogen) atoms. The van der Waals surface area contributed by atoms with Crippen LogP contribution < -0.4 is 10.1 Å². The van der Waals surface area contributed by atoms with Gasteiger partial charge in [-0.3, -0.25) is 24.8 Å². The number of nitrogens with one attached hydrogen (secondary N) is 2. The highest BCUT2D eigenvalue weighted by Gasteiger charge is 2.35. The highest BCUT2D eigenvalue weighted by atomic mass is 32.2. The van der Waals surface area contributed by atoms with Crippen molar-refractivity contribution >= 4 is 40.6 Å². The molecule has 2 aliphatic rings. The van der Waals surface area contributed by atoms with E-state index in [2.05, 4.69) is 10.2 Å². The molecule has 9 nitrogen and oxygen atoms in total. The molecule has 2 aromatic carbocycles. The molecular formula is C27H29F3N4O5S. The summed E-state index contributed by atoms with van der Waals surface area (Å²) in [5.74, 6) is -0.525. The molecule has 0 aliphatic carbocycles. The summed E-state index contributed by atoms with van der Waals surface area (Å²) in [7, 11) is 2.60. The Kier molecular flexibility index (Phi) is 9.38. The second kappa shape index (κ2) is 12.7. The standard InChI is InChI=1S/C27H29F3N4O5S/c1-37-19-5-4-18(21(15-19)27(28,29)30)16-32-22-6-3-17(13-20(22)24(31)38-2)14-23-25(35)34(26(36)40-23)8-7-33-9-11-39-12-10-33/h3-6,13-15,31-32H,7-12,16H2,1-2H3/b23-14-,31-24?. The lowest BCUT2D eigenvalue weighted by molar-refractivity contribution is -0.138. The molecule has 0 bridgehead atoms. The van der Waals surface area contributed by atoms with Gasteiger partial charge in [-0.25, -0.2) is 0 Å². The van der Waals surface area contributed by atoms with E-state index in [4.69, 9.17) is 19.6 Å². The van der Waals surface area contributed by atoms with E-state index >= 15 is 0 Å². The van der Waals surface area contributed by atoms with Crippen molar-refractivity contribution in [3.8, 4) is 5.75 Å². The Bertz CT molecular complexity index is 1310. The number of imide groups is 1. The number of carbonyl (C=O) groups excluding carboxylic acids is 2. The minimum absolute atomic E-state index is 0.00183. The zero-order valence-corrected chi connectivity index (χ0v) is 22.8. The van der Waals surface area contributed by atoms with Crippen LogP contribution in [-0.2, 0) is 27.0 Å². The minimum Gasteiger partial charge on any atom is -0.497 e. The van der Waals surface area contributed by atoms with Gasteiger partial charge in [-0.05, 0) is 53.2 Å². The number of amides is 2. The van der Waals surface area contributed by atoms with Gasteiger partial charge in [-0.1, -0.05) is 12.1 Å². The fourth-order valence-corrected chi connectivity index (χ4v) is 5.17. The summed E-state index contributed by atoms with van der Waals surface area (Å²) in [6, 6.07) is 8.53. The van der Waals surface area contributed by atoms with Gasteiger partial charge in [0.05, 0.1) is 43.5 Å². The SMILES string of the molecule is COC(=N)c1cc(/C=C2\SC(=O)N(CCN3CCOCC3)C2=O)ccc1NCc1ccc(OC)cc1C(F)(F)F. The molecule has 2 aromatic rings. The summed E-state index contributed by atoms with van der Waals surface area (Å²) >= 11 is 0.840. The first kappa shape index (κ1) is 29.4. The van der Waals surface area contributed by atoms with Gasteiger partial charge in [-0.15, -0.1) is 0 Å². The summed E-state index contributed by atoms with van der Waals surface area (Å²) < 4.78 is 56.2. The summed E-state index contributed by atoms with van der Waals surface area (Å²) in [5, 5.41) is 10.8. The molecule has 0 spiro atoms. The van der Waals surface area contributed by atoms with Crippen LogP contribution in [0.5, 0.6) is 5.75 Å². The van der Waals surface area contributed by atoms with Gasteiger partial charge >= 0.3 is 6.18 Å². The molecule has 4 rings (SSSR count). The molecule has 2 saturated heterocycles. The quantitative estimate of drug-likeness (QED) is 0.252. The molecular weight excluding hydrogens is 549 g/mol. The molecule has 214 valence electrons. The van der Waals surface area contributed by atoms with Crippen LogP contribution in [0.15, 0.2) is 41.3 Å². The normalized spacial score (nSPS) is 17.4. The molecule has 0 saturated carbocycles. The number of alkyl halides is 3. The fourth-order valence-electron chi connectivity index (χ4n) is 4.30. The van der Waals surface area contributed by atoms with Crippen molar-refractivity contribution in [2.45, 2.75) is 12.7 Å². The molecule has 0 unspecified atom stereocenters. The number of thioether (sulfide) groups is 1. The Morgan fingerprint density at radius 3 is 2.55 bits per heavy atom. The van der Waals surface area contributed by atoms with Gasteiger partial charge in [0, 0.05) is 38.4 Å². The molecule has 2 amide bonds. The number of nitrogens with zero attached hydrogens (tertiary/aromatic N) is 2. The van der Waals surface area contributed by atoms with E-state index < -0.39 is 17.6 Å². The van der Waals surface area contributed by atoms with Crippen LogP contribution in [0.25, 0.3) is 6.08 Å². The molecule has 13 heteroatoms. The highest BCUT2D eigenvalue weighted by molar-refractivity contribution is 8.18. The largest absolute Gasteiger partial charge is 0.497 e. The highest BCUT2D eigenvalue weighted by Crippen LogP contribution is 2.36. The van der Waals surface area contributed by atoms with Crippen LogP contribution >= 0.6 is 11.8 Å². The third-order valence-electron chi connectivity index (χ3n) is 6.50. The molecule has 0 atom stereocenters. The van der Waals surface area contributed by atoms with Gasteiger partial charge in [-0.2, -0.15) is 13.2 Å². The van der Waals surface area contributed by atoms with Gasteiger partial charge in [0.2, 0.25) is 5.90 Å². The van der Waals surface area contributed by atoms with Crippen molar-refractivity contribution in [1.82, 2.24) is 9.80 Å². The lowest BCUT2D eigenvalue weighted by Crippen LogP contribution is -2.42. The van der Waals surface area contributed by atoms with E-state index in [-0.39, 0.29) is 46.0 Å². The number of ether oxygens (including phenoxy) is 3. The van der Waals surface area contributed by atoms with Crippen molar-refractivity contribution in [3.05, 3.63) is 63.6 Å². The average Bonchev–Trinajstić information content (AvgIpc) is 3.21. The number of benzene rings is 2. The number of rotatable bonds is 9. The number of carbonyl (C=O) groups is 2. The van der Waals surface area contributed by atoms with Crippen LogP contribution in [0, 0.1) is 5.41 Å². The predicted molar refractivity (Wildman–Crippen MR) is 146 cm³/mol. The number of anilines is 1. The number of methoxy groups -OCH3 is 2. The molecule has 2 aliphatic heterocycles. The smallest absolute Gasteiger partial charge is 0.416 e. The van der Waals surface area contributed by atoms with E-state index in [9.17, 15) is 22.8 Å². The summed E-state index contributed by atoms with van der Waals surface area (Å²) in [6.07, 6.45) is -3.02. The van der Waals surface area contributed by atoms with E-state index in [0.717, 1.165) is 30.9 Å². The Balaban J connectivity index is 1.51. The first-order valence-corrected chi connectivity index (χ1v) is 13.2. The topological polar surface area (TPSA) is 104 Å². The zero-order valence-electron chi connectivity index (χ0n) is 22.0. The number of halogens is 3. The van der Waals surface area contributed by atoms with E-state index in [1.807, 2.05) is 0 Å². The lowest BCUT2D eigenvalue weighted by atomic mass is 10.0. The molecule has 0 aromatic heterocycles. The number of hydrogen-bond donors (Lipinski definition) is 2. The van der Waals surface area contributed by atoms with Crippen LogP contribution in [0.2, 0.25) is 0 Å². The Labute approximate surface area is 233 Å². The summed E-state index contributed by atoms with van der Waals surface area (Å²) in [4.78, 5) is 29.1. The van der Waals surface area contributed by atoms with Crippen LogP contribution in [0.1, 0.15) is 22.3 Å². The Morgan fingerprint density at radius 1 is 1.12 bits per heavy atom. The van der Waals surface area contributed by atoms with Crippen LogP contribution in [0.3, 0.4) is 0 Å².